The summed E-state index contributed by atoms with van der Waals surface area (Å²) in [5.74, 6) is -0.139. The van der Waals surface area contributed by atoms with E-state index in [0.29, 0.717) is 5.69 Å². The summed E-state index contributed by atoms with van der Waals surface area (Å²) < 4.78 is 13.7. The minimum absolute atomic E-state index is 0.139. The Hall–Kier alpha value is -1.09. The number of nitrogens with one attached hydrogen (secondary N) is 1. The van der Waals surface area contributed by atoms with Crippen LogP contribution in [0.2, 0.25) is 0 Å². The summed E-state index contributed by atoms with van der Waals surface area (Å²) in [5.41, 5.74) is 1.74. The van der Waals surface area contributed by atoms with Gasteiger partial charge in [0, 0.05) is 20.1 Å². The summed E-state index contributed by atoms with van der Waals surface area (Å²) in [5, 5.41) is 3.30. The predicted molar refractivity (Wildman–Crippen MR) is 67.3 cm³/mol. The molecule has 0 radical (unpaired) electrons. The summed E-state index contributed by atoms with van der Waals surface area (Å²) in [4.78, 5) is 1.94. The van der Waals surface area contributed by atoms with E-state index in [1.54, 1.807) is 6.07 Å². The monoisotopic (exact) mass is 224 g/mol. The van der Waals surface area contributed by atoms with Crippen LogP contribution in [0.1, 0.15) is 25.8 Å². The molecule has 0 atom stereocenters. The molecule has 1 N–H and O–H groups in total. The smallest absolute Gasteiger partial charge is 0.146 e. The first-order chi connectivity index (χ1) is 7.70. The molecule has 0 saturated heterocycles. The van der Waals surface area contributed by atoms with E-state index in [2.05, 4.69) is 12.2 Å². The molecule has 90 valence electrons. The van der Waals surface area contributed by atoms with Crippen molar-refractivity contribution in [2.75, 3.05) is 25.0 Å². The molecule has 1 aromatic rings. The van der Waals surface area contributed by atoms with Crippen molar-refractivity contribution in [2.24, 2.45) is 0 Å². The van der Waals surface area contributed by atoms with Crippen LogP contribution in [0.3, 0.4) is 0 Å². The van der Waals surface area contributed by atoms with Crippen LogP contribution in [-0.4, -0.2) is 20.1 Å². The van der Waals surface area contributed by atoms with E-state index < -0.39 is 0 Å². The van der Waals surface area contributed by atoms with Crippen LogP contribution in [0.25, 0.3) is 0 Å². The van der Waals surface area contributed by atoms with E-state index in [9.17, 15) is 4.39 Å². The molecule has 0 heterocycles. The summed E-state index contributed by atoms with van der Waals surface area (Å²) in [7, 11) is 1.92. The largest absolute Gasteiger partial charge is 0.372 e. The molecule has 16 heavy (non-hydrogen) atoms. The lowest BCUT2D eigenvalue weighted by Gasteiger charge is -2.21. The molecule has 0 aliphatic carbocycles. The lowest BCUT2D eigenvalue weighted by atomic mass is 10.1. The Morgan fingerprint density at radius 1 is 1.31 bits per heavy atom. The molecule has 0 aliphatic rings. The molecule has 0 unspecified atom stereocenters. The zero-order chi connectivity index (χ0) is 12.0. The minimum Gasteiger partial charge on any atom is -0.372 e. The summed E-state index contributed by atoms with van der Waals surface area (Å²) in [6, 6.07) is 5.27. The Balaban J connectivity index is 2.85. The zero-order valence-corrected chi connectivity index (χ0v) is 10.4. The third-order valence-corrected chi connectivity index (χ3v) is 2.67. The van der Waals surface area contributed by atoms with Gasteiger partial charge in [0.15, 0.2) is 0 Å². The Labute approximate surface area is 97.5 Å². The van der Waals surface area contributed by atoms with Gasteiger partial charge in [-0.1, -0.05) is 19.1 Å². The standard InChI is InChI=1S/C13H21FN2/c1-4-9-15-10-11-7-6-8-12(14)13(11)16(3)5-2/h6-8,15H,4-5,9-10H2,1-3H3. The van der Waals surface area contributed by atoms with Gasteiger partial charge in [0.25, 0.3) is 0 Å². The fraction of sp³-hybridized carbons (Fsp3) is 0.538. The highest BCUT2D eigenvalue weighted by molar-refractivity contribution is 5.54. The van der Waals surface area contributed by atoms with Crippen molar-refractivity contribution in [2.45, 2.75) is 26.8 Å². The Bertz CT molecular complexity index is 326. The molecular weight excluding hydrogens is 203 g/mol. The summed E-state index contributed by atoms with van der Waals surface area (Å²) in [6.07, 6.45) is 1.09. The van der Waals surface area contributed by atoms with Crippen LogP contribution in [0, 0.1) is 5.82 Å². The van der Waals surface area contributed by atoms with Crippen LogP contribution in [0.15, 0.2) is 18.2 Å². The average Bonchev–Trinajstić information content (AvgIpc) is 2.29. The fourth-order valence-corrected chi connectivity index (χ4v) is 1.69. The van der Waals surface area contributed by atoms with E-state index in [-0.39, 0.29) is 5.82 Å². The molecule has 1 aromatic carbocycles. The third kappa shape index (κ3) is 3.20. The fourth-order valence-electron chi connectivity index (χ4n) is 1.69. The van der Waals surface area contributed by atoms with Gasteiger partial charge in [-0.2, -0.15) is 0 Å². The Morgan fingerprint density at radius 3 is 2.69 bits per heavy atom. The second-order valence-corrected chi connectivity index (χ2v) is 3.94. The number of halogens is 1. The minimum atomic E-state index is -0.139. The quantitative estimate of drug-likeness (QED) is 0.747. The van der Waals surface area contributed by atoms with E-state index in [1.165, 1.54) is 6.07 Å². The van der Waals surface area contributed by atoms with Crippen molar-refractivity contribution in [3.63, 3.8) is 0 Å². The summed E-state index contributed by atoms with van der Waals surface area (Å²) >= 11 is 0. The van der Waals surface area contributed by atoms with Gasteiger partial charge in [0.1, 0.15) is 5.82 Å². The summed E-state index contributed by atoms with van der Waals surface area (Å²) in [6.45, 7) is 6.64. The van der Waals surface area contributed by atoms with Crippen LogP contribution in [0.4, 0.5) is 10.1 Å². The highest BCUT2D eigenvalue weighted by atomic mass is 19.1. The first-order valence-electron chi connectivity index (χ1n) is 5.89. The van der Waals surface area contributed by atoms with Crippen molar-refractivity contribution in [3.8, 4) is 0 Å². The SMILES string of the molecule is CCCNCc1cccc(F)c1N(C)CC. The lowest BCUT2D eigenvalue weighted by molar-refractivity contribution is 0.614. The van der Waals surface area contributed by atoms with Crippen molar-refractivity contribution in [3.05, 3.63) is 29.6 Å². The molecule has 0 aromatic heterocycles. The first-order valence-corrected chi connectivity index (χ1v) is 5.89. The number of para-hydroxylation sites is 1. The normalized spacial score (nSPS) is 10.5. The molecule has 3 heteroatoms. The maximum absolute atomic E-state index is 13.7. The van der Waals surface area contributed by atoms with Crippen molar-refractivity contribution >= 4 is 5.69 Å². The number of hydrogen-bond donors (Lipinski definition) is 1. The Morgan fingerprint density at radius 2 is 2.06 bits per heavy atom. The van der Waals surface area contributed by atoms with Gasteiger partial charge < -0.3 is 10.2 Å². The molecule has 0 bridgehead atoms. The zero-order valence-electron chi connectivity index (χ0n) is 10.4. The highest BCUT2D eigenvalue weighted by Gasteiger charge is 2.10. The average molecular weight is 224 g/mol. The van der Waals surface area contributed by atoms with E-state index in [4.69, 9.17) is 0 Å². The highest BCUT2D eigenvalue weighted by Crippen LogP contribution is 2.23. The molecule has 0 spiro atoms. The molecule has 0 fully saturated rings. The molecular formula is C13H21FN2. The van der Waals surface area contributed by atoms with Crippen molar-refractivity contribution in [1.82, 2.24) is 5.32 Å². The molecule has 1 rings (SSSR count). The van der Waals surface area contributed by atoms with Gasteiger partial charge in [-0.3, -0.25) is 0 Å². The third-order valence-electron chi connectivity index (χ3n) is 2.67. The van der Waals surface area contributed by atoms with E-state index in [0.717, 1.165) is 31.6 Å². The number of benzene rings is 1. The molecule has 2 nitrogen and oxygen atoms in total. The molecule has 0 saturated carbocycles. The van der Waals surface area contributed by atoms with E-state index >= 15 is 0 Å². The van der Waals surface area contributed by atoms with Gasteiger partial charge in [0.05, 0.1) is 5.69 Å². The van der Waals surface area contributed by atoms with Crippen LogP contribution in [0.5, 0.6) is 0 Å². The van der Waals surface area contributed by atoms with Gasteiger partial charge in [-0.25, -0.2) is 4.39 Å². The number of nitrogens with zero attached hydrogens (tertiary/aromatic N) is 1. The second kappa shape index (κ2) is 6.48. The number of hydrogen-bond acceptors (Lipinski definition) is 2. The first kappa shape index (κ1) is 13.0. The van der Waals surface area contributed by atoms with Gasteiger partial charge in [-0.05, 0) is 31.5 Å². The van der Waals surface area contributed by atoms with Gasteiger partial charge in [-0.15, -0.1) is 0 Å². The van der Waals surface area contributed by atoms with Crippen molar-refractivity contribution in [1.29, 1.82) is 0 Å². The maximum Gasteiger partial charge on any atom is 0.146 e. The van der Waals surface area contributed by atoms with Gasteiger partial charge in [0.2, 0.25) is 0 Å². The van der Waals surface area contributed by atoms with Crippen molar-refractivity contribution < 1.29 is 4.39 Å². The topological polar surface area (TPSA) is 15.3 Å². The maximum atomic E-state index is 13.7. The second-order valence-electron chi connectivity index (χ2n) is 3.94. The van der Waals surface area contributed by atoms with Gasteiger partial charge >= 0.3 is 0 Å². The number of rotatable bonds is 6. The molecule has 0 aliphatic heterocycles. The predicted octanol–water partition coefficient (Wildman–Crippen LogP) is 2.78. The van der Waals surface area contributed by atoms with E-state index in [1.807, 2.05) is 24.9 Å². The van der Waals surface area contributed by atoms with Crippen LogP contribution < -0.4 is 10.2 Å². The van der Waals surface area contributed by atoms with Crippen LogP contribution >= 0.6 is 0 Å². The van der Waals surface area contributed by atoms with Crippen LogP contribution in [-0.2, 0) is 6.54 Å². The number of anilines is 1. The lowest BCUT2D eigenvalue weighted by Crippen LogP contribution is -2.22. The molecule has 0 amide bonds. The Kier molecular flexibility index (Phi) is 5.26.